The number of nitrogens with zero attached hydrogens (tertiary/aromatic N) is 4. The molecule has 1 aliphatic heterocycles. The molecule has 3 heterocycles. The lowest BCUT2D eigenvalue weighted by Crippen LogP contribution is -2.39. The van der Waals surface area contributed by atoms with Crippen LogP contribution in [0.2, 0.25) is 0 Å². The number of thiazole rings is 1. The quantitative estimate of drug-likeness (QED) is 0.731. The number of pyridine rings is 1. The number of β-amino-alcohol motifs (C(OH)–C–C–N with tert-alkyl or cyclic N) is 1. The maximum atomic E-state index is 10.1. The van der Waals surface area contributed by atoms with E-state index in [0.717, 1.165) is 48.8 Å². The number of aliphatic hydroxyl groups is 1. The van der Waals surface area contributed by atoms with E-state index in [2.05, 4.69) is 53.0 Å². The number of hydrogen-bond donors (Lipinski definition) is 1. The number of anilines is 1. The highest BCUT2D eigenvalue weighted by Gasteiger charge is 2.22. The van der Waals surface area contributed by atoms with Crippen LogP contribution in [0.25, 0.3) is 10.9 Å². The van der Waals surface area contributed by atoms with Gasteiger partial charge in [0.1, 0.15) is 10.8 Å². The topological polar surface area (TPSA) is 52.5 Å². The van der Waals surface area contributed by atoms with E-state index < -0.39 is 0 Å². The van der Waals surface area contributed by atoms with Gasteiger partial charge in [0.05, 0.1) is 18.2 Å². The van der Waals surface area contributed by atoms with Crippen LogP contribution in [0, 0.1) is 6.92 Å². The summed E-state index contributed by atoms with van der Waals surface area (Å²) in [6.45, 7) is 5.35. The average Bonchev–Trinajstić information content (AvgIpc) is 3.14. The fraction of sp³-hybridized carbons (Fsp3) is 0.429. The van der Waals surface area contributed by atoms with Crippen LogP contribution in [0.3, 0.4) is 0 Å². The third-order valence-electron chi connectivity index (χ3n) is 5.05. The Morgan fingerprint density at radius 1 is 1.30 bits per heavy atom. The largest absolute Gasteiger partial charge is 0.391 e. The first kappa shape index (κ1) is 18.3. The number of aryl methyl sites for hydroxylation is 1. The third kappa shape index (κ3) is 4.29. The molecule has 142 valence electrons. The number of aromatic nitrogens is 2. The lowest BCUT2D eigenvalue weighted by atomic mass is 10.1. The Bertz CT molecular complexity index is 912. The molecule has 1 aromatic carbocycles. The second-order valence-electron chi connectivity index (χ2n) is 7.51. The Balaban J connectivity index is 1.67. The van der Waals surface area contributed by atoms with Crippen molar-refractivity contribution >= 4 is 28.1 Å². The van der Waals surface area contributed by atoms with Gasteiger partial charge in [-0.05, 0) is 45.0 Å². The summed E-state index contributed by atoms with van der Waals surface area (Å²) in [4.78, 5) is 13.9. The molecule has 0 spiro atoms. The predicted octanol–water partition coefficient (Wildman–Crippen LogP) is 3.59. The van der Waals surface area contributed by atoms with E-state index in [0.29, 0.717) is 6.54 Å². The molecule has 4 rings (SSSR count). The summed E-state index contributed by atoms with van der Waals surface area (Å²) >= 11 is 1.69. The van der Waals surface area contributed by atoms with Gasteiger partial charge in [0.25, 0.3) is 0 Å². The average molecular weight is 383 g/mol. The van der Waals surface area contributed by atoms with Crippen molar-refractivity contribution < 1.29 is 5.11 Å². The minimum Gasteiger partial charge on any atom is -0.391 e. The van der Waals surface area contributed by atoms with E-state index in [-0.39, 0.29) is 6.10 Å². The van der Waals surface area contributed by atoms with Gasteiger partial charge in [-0.2, -0.15) is 0 Å². The van der Waals surface area contributed by atoms with Crippen LogP contribution in [-0.4, -0.2) is 46.2 Å². The number of rotatable bonds is 5. The first-order chi connectivity index (χ1) is 13.1. The predicted molar refractivity (Wildman–Crippen MR) is 111 cm³/mol. The molecule has 0 radical (unpaired) electrons. The van der Waals surface area contributed by atoms with Gasteiger partial charge in [-0.15, -0.1) is 11.3 Å². The van der Waals surface area contributed by atoms with Crippen molar-refractivity contribution in [1.29, 1.82) is 0 Å². The summed E-state index contributed by atoms with van der Waals surface area (Å²) in [7, 11) is 2.12. The van der Waals surface area contributed by atoms with Gasteiger partial charge in [0, 0.05) is 42.2 Å². The summed E-state index contributed by atoms with van der Waals surface area (Å²) < 4.78 is 0. The molecular formula is C21H26N4OS. The normalized spacial score (nSPS) is 17.8. The van der Waals surface area contributed by atoms with E-state index in [4.69, 9.17) is 4.98 Å². The highest BCUT2D eigenvalue weighted by molar-refractivity contribution is 7.09. The fourth-order valence-corrected chi connectivity index (χ4v) is 4.47. The van der Waals surface area contributed by atoms with Gasteiger partial charge in [0.2, 0.25) is 0 Å². The van der Waals surface area contributed by atoms with Crippen LogP contribution in [-0.2, 0) is 13.1 Å². The van der Waals surface area contributed by atoms with Crippen LogP contribution in [0.15, 0.2) is 35.8 Å². The third-order valence-corrected chi connectivity index (χ3v) is 5.82. The lowest BCUT2D eigenvalue weighted by molar-refractivity contribution is 0.153. The first-order valence-electron chi connectivity index (χ1n) is 9.49. The smallest absolute Gasteiger partial charge is 0.133 e. The van der Waals surface area contributed by atoms with Gasteiger partial charge in [-0.25, -0.2) is 9.97 Å². The minimum absolute atomic E-state index is 0.268. The molecule has 1 N–H and O–H groups in total. The second kappa shape index (κ2) is 7.92. The second-order valence-corrected chi connectivity index (χ2v) is 8.49. The maximum absolute atomic E-state index is 10.1. The summed E-state index contributed by atoms with van der Waals surface area (Å²) in [5.41, 5.74) is 3.47. The van der Waals surface area contributed by atoms with Crippen LogP contribution in [0.1, 0.15) is 29.0 Å². The number of benzene rings is 1. The molecule has 0 saturated carbocycles. The molecule has 2 aromatic heterocycles. The molecular weight excluding hydrogens is 356 g/mol. The van der Waals surface area contributed by atoms with Gasteiger partial charge < -0.3 is 10.0 Å². The molecule has 0 aliphatic carbocycles. The number of fused-ring (bicyclic) bond motifs is 1. The van der Waals surface area contributed by atoms with Crippen molar-refractivity contribution in [2.75, 3.05) is 25.0 Å². The van der Waals surface area contributed by atoms with Crippen LogP contribution < -0.4 is 4.90 Å². The zero-order valence-corrected chi connectivity index (χ0v) is 16.7. The van der Waals surface area contributed by atoms with Crippen molar-refractivity contribution in [2.24, 2.45) is 0 Å². The molecule has 0 unspecified atom stereocenters. The SMILES string of the molecule is Cc1ccc2nc(N3CCC[C@@H](O)C3)c(CN(C)Cc3nccs3)cc2c1. The molecule has 1 aliphatic rings. The summed E-state index contributed by atoms with van der Waals surface area (Å²) in [5.74, 6) is 1.01. The van der Waals surface area contributed by atoms with Crippen molar-refractivity contribution in [3.05, 3.63) is 52.0 Å². The zero-order chi connectivity index (χ0) is 18.8. The Hall–Kier alpha value is -2.02. The van der Waals surface area contributed by atoms with Crippen LogP contribution >= 0.6 is 11.3 Å². The maximum Gasteiger partial charge on any atom is 0.133 e. The van der Waals surface area contributed by atoms with Crippen molar-refractivity contribution in [3.63, 3.8) is 0 Å². The van der Waals surface area contributed by atoms with Gasteiger partial charge in [-0.3, -0.25) is 4.90 Å². The van der Waals surface area contributed by atoms with Crippen molar-refractivity contribution in [3.8, 4) is 0 Å². The van der Waals surface area contributed by atoms with E-state index in [1.165, 1.54) is 16.5 Å². The Kier molecular flexibility index (Phi) is 5.38. The van der Waals surface area contributed by atoms with Crippen LogP contribution in [0.5, 0.6) is 0 Å². The first-order valence-corrected chi connectivity index (χ1v) is 10.4. The van der Waals surface area contributed by atoms with E-state index >= 15 is 0 Å². The van der Waals surface area contributed by atoms with Crippen molar-refractivity contribution in [2.45, 2.75) is 39.0 Å². The van der Waals surface area contributed by atoms with Crippen LogP contribution in [0.4, 0.5) is 5.82 Å². The molecule has 1 atom stereocenters. The molecule has 1 fully saturated rings. The number of hydrogen-bond acceptors (Lipinski definition) is 6. The molecule has 0 bridgehead atoms. The molecule has 27 heavy (non-hydrogen) atoms. The number of aliphatic hydroxyl groups excluding tert-OH is 1. The zero-order valence-electron chi connectivity index (χ0n) is 15.9. The Morgan fingerprint density at radius 2 is 2.19 bits per heavy atom. The van der Waals surface area contributed by atoms with Gasteiger partial charge in [-0.1, -0.05) is 11.6 Å². The Morgan fingerprint density at radius 3 is 2.96 bits per heavy atom. The van der Waals surface area contributed by atoms with Gasteiger partial charge >= 0.3 is 0 Å². The van der Waals surface area contributed by atoms with Gasteiger partial charge in [0.15, 0.2) is 0 Å². The number of piperidine rings is 1. The Labute approximate surface area is 164 Å². The highest BCUT2D eigenvalue weighted by Crippen LogP contribution is 2.28. The summed E-state index contributed by atoms with van der Waals surface area (Å²) in [5, 5.41) is 14.5. The minimum atomic E-state index is -0.268. The molecule has 5 nitrogen and oxygen atoms in total. The monoisotopic (exact) mass is 382 g/mol. The highest BCUT2D eigenvalue weighted by atomic mass is 32.1. The summed E-state index contributed by atoms with van der Waals surface area (Å²) in [6, 6.07) is 8.67. The van der Waals surface area contributed by atoms with E-state index in [9.17, 15) is 5.11 Å². The molecule has 3 aromatic rings. The van der Waals surface area contributed by atoms with E-state index in [1.807, 2.05) is 11.6 Å². The summed E-state index contributed by atoms with van der Waals surface area (Å²) in [6.07, 6.45) is 3.47. The van der Waals surface area contributed by atoms with E-state index in [1.54, 1.807) is 11.3 Å². The molecule has 0 amide bonds. The lowest BCUT2D eigenvalue weighted by Gasteiger charge is -2.33. The molecule has 1 saturated heterocycles. The van der Waals surface area contributed by atoms with Crippen molar-refractivity contribution in [1.82, 2.24) is 14.9 Å². The fourth-order valence-electron chi connectivity index (χ4n) is 3.78. The standard InChI is InChI=1S/C21H26N4OS/c1-15-5-6-19-16(10-15)11-17(12-24(2)14-20-22-7-9-27-20)21(23-19)25-8-3-4-18(26)13-25/h5-7,9-11,18,26H,3-4,8,12-14H2,1-2H3/t18-/m1/s1. The molecule has 6 heteroatoms.